The van der Waals surface area contributed by atoms with E-state index in [4.69, 9.17) is 0 Å². The Kier molecular flexibility index (Phi) is 1.75. The summed E-state index contributed by atoms with van der Waals surface area (Å²) in [6, 6.07) is 9.83. The van der Waals surface area contributed by atoms with Crippen LogP contribution in [0.25, 0.3) is 10.9 Å². The first-order chi connectivity index (χ1) is 8.84. The fourth-order valence-corrected chi connectivity index (χ4v) is 2.69. The lowest BCUT2D eigenvalue weighted by Crippen LogP contribution is -2.14. The van der Waals surface area contributed by atoms with Gasteiger partial charge in [0.15, 0.2) is 0 Å². The van der Waals surface area contributed by atoms with Gasteiger partial charge < -0.3 is 4.98 Å². The Morgan fingerprint density at radius 2 is 2.06 bits per heavy atom. The molecule has 0 saturated carbocycles. The summed E-state index contributed by atoms with van der Waals surface area (Å²) in [6.07, 6.45) is 4.23. The third kappa shape index (κ3) is 1.13. The summed E-state index contributed by atoms with van der Waals surface area (Å²) in [5, 5.41) is 1.13. The molecule has 0 unspecified atom stereocenters. The van der Waals surface area contributed by atoms with Crippen molar-refractivity contribution in [3.8, 4) is 0 Å². The third-order valence-electron chi connectivity index (χ3n) is 3.56. The maximum absolute atomic E-state index is 12.4. The Balaban J connectivity index is 2.05. The molecule has 86 valence electrons. The zero-order chi connectivity index (χ0) is 12.1. The Labute approximate surface area is 103 Å². The lowest BCUT2D eigenvalue weighted by Gasteiger charge is -2.14. The van der Waals surface area contributed by atoms with Gasteiger partial charge in [0.25, 0.3) is 0 Å². The van der Waals surface area contributed by atoms with E-state index in [1.807, 2.05) is 18.2 Å². The van der Waals surface area contributed by atoms with E-state index < -0.39 is 0 Å². The molecule has 3 nitrogen and oxygen atoms in total. The van der Waals surface area contributed by atoms with Crippen molar-refractivity contribution < 1.29 is 4.79 Å². The molecule has 0 radical (unpaired) electrons. The van der Waals surface area contributed by atoms with Crippen LogP contribution in [0.4, 0.5) is 0 Å². The Morgan fingerprint density at radius 1 is 1.17 bits per heavy atom. The van der Waals surface area contributed by atoms with Gasteiger partial charge in [0.1, 0.15) is 0 Å². The van der Waals surface area contributed by atoms with Crippen LogP contribution in [0, 0.1) is 0 Å². The summed E-state index contributed by atoms with van der Waals surface area (Å²) in [6.45, 7) is 0. The first-order valence-corrected chi connectivity index (χ1v) is 5.92. The van der Waals surface area contributed by atoms with Crippen molar-refractivity contribution in [2.24, 2.45) is 0 Å². The summed E-state index contributed by atoms with van der Waals surface area (Å²) >= 11 is 0. The first kappa shape index (κ1) is 9.59. The Bertz CT molecular complexity index is 786. The van der Waals surface area contributed by atoms with E-state index in [1.54, 1.807) is 18.5 Å². The molecule has 1 aliphatic carbocycles. The number of fused-ring (bicyclic) bond motifs is 4. The molecule has 0 spiro atoms. The number of pyridine rings is 1. The minimum Gasteiger partial charge on any atom is -0.352 e. The molecule has 4 rings (SSSR count). The second-order valence-electron chi connectivity index (χ2n) is 4.56. The normalized spacial score (nSPS) is 13.4. The number of hydrogen-bond acceptors (Lipinski definition) is 2. The van der Waals surface area contributed by atoms with Crippen LogP contribution in [-0.2, 0) is 6.42 Å². The molecule has 2 aromatic heterocycles. The molecule has 0 fully saturated rings. The van der Waals surface area contributed by atoms with Gasteiger partial charge >= 0.3 is 0 Å². The zero-order valence-electron chi connectivity index (χ0n) is 9.60. The molecule has 3 aromatic rings. The average molecular weight is 234 g/mol. The lowest BCUT2D eigenvalue weighted by molar-refractivity contribution is 0.103. The van der Waals surface area contributed by atoms with Crippen molar-refractivity contribution in [2.75, 3.05) is 0 Å². The van der Waals surface area contributed by atoms with Crippen molar-refractivity contribution in [3.05, 3.63) is 65.1 Å². The third-order valence-corrected chi connectivity index (χ3v) is 3.56. The van der Waals surface area contributed by atoms with E-state index in [0.717, 1.165) is 39.7 Å². The van der Waals surface area contributed by atoms with Crippen molar-refractivity contribution in [3.63, 3.8) is 0 Å². The van der Waals surface area contributed by atoms with Gasteiger partial charge in [-0.15, -0.1) is 0 Å². The predicted molar refractivity (Wildman–Crippen MR) is 68.8 cm³/mol. The monoisotopic (exact) mass is 234 g/mol. The highest BCUT2D eigenvalue weighted by atomic mass is 16.1. The van der Waals surface area contributed by atoms with Crippen LogP contribution < -0.4 is 0 Å². The molecule has 1 N–H and O–H groups in total. The van der Waals surface area contributed by atoms with Gasteiger partial charge in [-0.2, -0.15) is 0 Å². The van der Waals surface area contributed by atoms with Crippen molar-refractivity contribution >= 4 is 16.7 Å². The number of aromatic amines is 1. The largest absolute Gasteiger partial charge is 0.352 e. The minimum absolute atomic E-state index is 0.0739. The lowest BCUT2D eigenvalue weighted by atomic mass is 9.89. The molecule has 0 atom stereocenters. The van der Waals surface area contributed by atoms with E-state index in [1.165, 1.54) is 0 Å². The molecule has 0 amide bonds. The number of carbonyl (C=O) groups excluding carboxylic acids is 1. The van der Waals surface area contributed by atoms with Crippen molar-refractivity contribution in [2.45, 2.75) is 6.42 Å². The Morgan fingerprint density at radius 3 is 3.00 bits per heavy atom. The quantitative estimate of drug-likeness (QED) is 0.508. The fourth-order valence-electron chi connectivity index (χ4n) is 2.69. The van der Waals surface area contributed by atoms with Gasteiger partial charge in [0.05, 0.1) is 5.69 Å². The molecule has 1 aromatic carbocycles. The highest BCUT2D eigenvalue weighted by molar-refractivity contribution is 6.14. The number of ketones is 1. The van der Waals surface area contributed by atoms with Crippen LogP contribution in [-0.4, -0.2) is 15.8 Å². The van der Waals surface area contributed by atoms with E-state index >= 15 is 0 Å². The van der Waals surface area contributed by atoms with Crippen LogP contribution in [0.3, 0.4) is 0 Å². The topological polar surface area (TPSA) is 45.8 Å². The number of rotatable bonds is 0. The zero-order valence-corrected chi connectivity index (χ0v) is 9.60. The maximum atomic E-state index is 12.4. The molecule has 3 heteroatoms. The highest BCUT2D eigenvalue weighted by Gasteiger charge is 2.26. The molecule has 2 heterocycles. The summed E-state index contributed by atoms with van der Waals surface area (Å²) < 4.78 is 0. The molecule has 0 aliphatic heterocycles. The number of benzene rings is 1. The average Bonchev–Trinajstić information content (AvgIpc) is 2.79. The summed E-state index contributed by atoms with van der Waals surface area (Å²) in [7, 11) is 0. The number of hydrogen-bond donors (Lipinski definition) is 1. The van der Waals surface area contributed by atoms with Gasteiger partial charge in [-0.05, 0) is 23.3 Å². The van der Waals surface area contributed by atoms with Crippen molar-refractivity contribution in [1.29, 1.82) is 0 Å². The van der Waals surface area contributed by atoms with E-state index in [9.17, 15) is 4.79 Å². The molecule has 18 heavy (non-hydrogen) atoms. The number of nitrogens with zero attached hydrogens (tertiary/aromatic N) is 1. The second-order valence-corrected chi connectivity index (χ2v) is 4.56. The SMILES string of the molecule is O=C1c2ccncc2Cc2c1[nH]c1ccccc21. The van der Waals surface area contributed by atoms with Gasteiger partial charge in [-0.1, -0.05) is 18.2 Å². The van der Waals surface area contributed by atoms with E-state index in [2.05, 4.69) is 16.0 Å². The predicted octanol–water partition coefficient (Wildman–Crippen LogP) is 2.70. The number of aromatic nitrogens is 2. The number of carbonyl (C=O) groups is 1. The molecular weight excluding hydrogens is 224 g/mol. The fraction of sp³-hybridized carbons (Fsp3) is 0.0667. The Hall–Kier alpha value is -2.42. The summed E-state index contributed by atoms with van der Waals surface area (Å²) in [4.78, 5) is 19.8. The number of nitrogens with one attached hydrogen (secondary N) is 1. The van der Waals surface area contributed by atoms with Crippen molar-refractivity contribution in [1.82, 2.24) is 9.97 Å². The van der Waals surface area contributed by atoms with Crippen LogP contribution in [0.1, 0.15) is 27.2 Å². The van der Waals surface area contributed by atoms with Gasteiger partial charge in [-0.3, -0.25) is 9.78 Å². The minimum atomic E-state index is 0.0739. The van der Waals surface area contributed by atoms with Gasteiger partial charge in [0, 0.05) is 35.3 Å². The van der Waals surface area contributed by atoms with Crippen LogP contribution in [0.2, 0.25) is 0 Å². The number of H-pyrrole nitrogens is 1. The van der Waals surface area contributed by atoms with E-state index in [0.29, 0.717) is 0 Å². The van der Waals surface area contributed by atoms with Gasteiger partial charge in [0.2, 0.25) is 5.78 Å². The standard InChI is InChI=1S/C15H10N2O/c18-15-10-5-6-16-8-9(10)7-12-11-3-1-2-4-13(11)17-14(12)15/h1-6,8,17H,7H2. The molecule has 0 saturated heterocycles. The number of para-hydroxylation sites is 1. The van der Waals surface area contributed by atoms with Gasteiger partial charge in [-0.25, -0.2) is 0 Å². The molecular formula is C15H10N2O. The molecule has 0 bridgehead atoms. The summed E-state index contributed by atoms with van der Waals surface area (Å²) in [5.41, 5.74) is 4.63. The molecule has 1 aliphatic rings. The van der Waals surface area contributed by atoms with Crippen LogP contribution in [0.5, 0.6) is 0 Å². The maximum Gasteiger partial charge on any atom is 0.209 e. The second kappa shape index (κ2) is 3.29. The summed E-state index contributed by atoms with van der Waals surface area (Å²) in [5.74, 6) is 0.0739. The highest BCUT2D eigenvalue weighted by Crippen LogP contribution is 2.31. The first-order valence-electron chi connectivity index (χ1n) is 5.92. The van der Waals surface area contributed by atoms with Crippen LogP contribution >= 0.6 is 0 Å². The van der Waals surface area contributed by atoms with E-state index in [-0.39, 0.29) is 5.78 Å². The smallest absolute Gasteiger partial charge is 0.209 e. The van der Waals surface area contributed by atoms with Crippen LogP contribution in [0.15, 0.2) is 42.7 Å².